The first-order valence-electron chi connectivity index (χ1n) is 6.03. The van der Waals surface area contributed by atoms with E-state index in [1.807, 2.05) is 0 Å². The minimum atomic E-state index is -4.54. The third kappa shape index (κ3) is 3.24. The molecule has 9 heteroatoms. The lowest BCUT2D eigenvalue weighted by atomic mass is 10.1. The van der Waals surface area contributed by atoms with Crippen LogP contribution in [0, 0.1) is 6.92 Å². The number of halogens is 4. The van der Waals surface area contributed by atoms with E-state index in [1.165, 1.54) is 24.0 Å². The molecule has 1 aromatic heterocycles. The van der Waals surface area contributed by atoms with Crippen LogP contribution in [-0.2, 0) is 6.18 Å². The molecule has 2 rings (SSSR count). The van der Waals surface area contributed by atoms with E-state index in [1.54, 1.807) is 6.92 Å². The van der Waals surface area contributed by atoms with Gasteiger partial charge in [0.2, 0.25) is 5.95 Å². The molecule has 0 fully saturated rings. The third-order valence-corrected chi connectivity index (χ3v) is 3.43. The van der Waals surface area contributed by atoms with Crippen LogP contribution in [-0.4, -0.2) is 23.0 Å². The Kier molecular flexibility index (Phi) is 4.45. The van der Waals surface area contributed by atoms with Gasteiger partial charge in [0.05, 0.1) is 40.8 Å². The van der Waals surface area contributed by atoms with E-state index in [-0.39, 0.29) is 17.3 Å². The first kappa shape index (κ1) is 16.3. The number of rotatable bonds is 3. The second-order valence-corrected chi connectivity index (χ2v) is 5.22. The number of alkyl halides is 3. The summed E-state index contributed by atoms with van der Waals surface area (Å²) in [5.41, 5.74) is 5.15. The van der Waals surface area contributed by atoms with Crippen LogP contribution in [0.15, 0.2) is 27.9 Å². The van der Waals surface area contributed by atoms with Crippen LogP contribution in [0.1, 0.15) is 16.8 Å². The Bertz CT molecular complexity index is 725. The Morgan fingerprint density at radius 2 is 2.09 bits per heavy atom. The van der Waals surface area contributed by atoms with Crippen molar-refractivity contribution in [1.29, 1.82) is 0 Å². The average molecular weight is 377 g/mol. The van der Waals surface area contributed by atoms with Gasteiger partial charge in [0, 0.05) is 0 Å². The van der Waals surface area contributed by atoms with Gasteiger partial charge in [-0.25, -0.2) is 9.66 Å². The Morgan fingerprint density at radius 3 is 2.59 bits per heavy atom. The molecule has 0 aliphatic rings. The van der Waals surface area contributed by atoms with E-state index in [0.29, 0.717) is 10.2 Å². The number of aromatic nitrogens is 2. The number of nitrogen functional groups attached to an aromatic ring is 1. The molecule has 0 unspecified atom stereocenters. The second-order valence-electron chi connectivity index (χ2n) is 4.37. The molecule has 1 aromatic carbocycles. The number of nitrogens with two attached hydrogens (primary N) is 1. The highest BCUT2D eigenvalue weighted by Crippen LogP contribution is 2.38. The molecule has 0 saturated heterocycles. The number of benzene rings is 1. The van der Waals surface area contributed by atoms with Crippen LogP contribution in [0.4, 0.5) is 19.1 Å². The smallest absolute Gasteiger partial charge is 0.417 e. The number of aryl methyl sites for hydroxylation is 1. The summed E-state index contributed by atoms with van der Waals surface area (Å²) in [5, 5.41) is 3.92. The van der Waals surface area contributed by atoms with E-state index in [9.17, 15) is 13.2 Å². The van der Waals surface area contributed by atoms with Crippen molar-refractivity contribution in [2.75, 3.05) is 12.8 Å². The van der Waals surface area contributed by atoms with Crippen LogP contribution in [0.5, 0.6) is 5.75 Å². The molecule has 0 atom stereocenters. The SMILES string of the molecule is COc1c(Br)ccc(C(F)(F)F)c1C=Nn1cc(C)nc1N. The molecular weight excluding hydrogens is 365 g/mol. The van der Waals surface area contributed by atoms with Crippen LogP contribution in [0.2, 0.25) is 0 Å². The lowest BCUT2D eigenvalue weighted by Crippen LogP contribution is -2.11. The second kappa shape index (κ2) is 5.99. The molecule has 0 aliphatic heterocycles. The molecule has 0 radical (unpaired) electrons. The zero-order valence-corrected chi connectivity index (χ0v) is 13.2. The van der Waals surface area contributed by atoms with Crippen LogP contribution >= 0.6 is 15.9 Å². The molecule has 0 aliphatic carbocycles. The fourth-order valence-corrected chi connectivity index (χ4v) is 2.38. The van der Waals surface area contributed by atoms with Gasteiger partial charge < -0.3 is 10.5 Å². The first-order valence-corrected chi connectivity index (χ1v) is 6.83. The maximum Gasteiger partial charge on any atom is 0.417 e. The standard InChI is InChI=1S/C13H12BrF3N4O/c1-7-6-21(12(18)20-7)19-5-8-9(13(15,16)17)3-4-10(14)11(8)22-2/h3-6H,1-2H3,(H2,18,20). The van der Waals surface area contributed by atoms with Gasteiger partial charge in [0.1, 0.15) is 5.75 Å². The molecule has 2 aromatic rings. The van der Waals surface area contributed by atoms with E-state index in [4.69, 9.17) is 10.5 Å². The Labute approximate surface area is 132 Å². The summed E-state index contributed by atoms with van der Waals surface area (Å²) in [7, 11) is 1.29. The monoisotopic (exact) mass is 376 g/mol. The number of methoxy groups -OCH3 is 1. The van der Waals surface area contributed by atoms with Gasteiger partial charge in [-0.1, -0.05) is 0 Å². The van der Waals surface area contributed by atoms with Crippen molar-refractivity contribution in [1.82, 2.24) is 9.66 Å². The van der Waals surface area contributed by atoms with Gasteiger partial charge in [-0.3, -0.25) is 0 Å². The average Bonchev–Trinajstić information content (AvgIpc) is 2.73. The molecule has 0 spiro atoms. The van der Waals surface area contributed by atoms with Crippen molar-refractivity contribution < 1.29 is 17.9 Å². The normalized spacial score (nSPS) is 12.1. The fourth-order valence-electron chi connectivity index (χ4n) is 1.87. The molecule has 2 N–H and O–H groups in total. The highest BCUT2D eigenvalue weighted by atomic mass is 79.9. The molecular formula is C13H12BrF3N4O. The molecule has 0 amide bonds. The molecule has 22 heavy (non-hydrogen) atoms. The number of hydrogen-bond acceptors (Lipinski definition) is 4. The lowest BCUT2D eigenvalue weighted by Gasteiger charge is -2.14. The Morgan fingerprint density at radius 1 is 1.41 bits per heavy atom. The largest absolute Gasteiger partial charge is 0.495 e. The summed E-state index contributed by atoms with van der Waals surface area (Å²) in [6.45, 7) is 1.70. The number of nitrogens with zero attached hydrogens (tertiary/aromatic N) is 3. The zero-order valence-electron chi connectivity index (χ0n) is 11.6. The molecule has 0 saturated carbocycles. The zero-order chi connectivity index (χ0) is 16.5. The summed E-state index contributed by atoms with van der Waals surface area (Å²) >= 11 is 3.16. The van der Waals surface area contributed by atoms with Crippen molar-refractivity contribution in [3.8, 4) is 5.75 Å². The van der Waals surface area contributed by atoms with Crippen molar-refractivity contribution in [3.05, 3.63) is 39.6 Å². The molecule has 0 bridgehead atoms. The van der Waals surface area contributed by atoms with Gasteiger partial charge in [-0.15, -0.1) is 0 Å². The quantitative estimate of drug-likeness (QED) is 0.834. The lowest BCUT2D eigenvalue weighted by molar-refractivity contribution is -0.137. The molecule has 118 valence electrons. The van der Waals surface area contributed by atoms with Crippen LogP contribution < -0.4 is 10.5 Å². The highest BCUT2D eigenvalue weighted by Gasteiger charge is 2.35. The predicted octanol–water partition coefficient (Wildman–Crippen LogP) is 3.45. The summed E-state index contributed by atoms with van der Waals surface area (Å²) < 4.78 is 46.0. The molecule has 5 nitrogen and oxygen atoms in total. The van der Waals surface area contributed by atoms with E-state index in [0.717, 1.165) is 12.3 Å². The first-order chi connectivity index (χ1) is 10.2. The number of anilines is 1. The van der Waals surface area contributed by atoms with Crippen molar-refractivity contribution in [2.45, 2.75) is 13.1 Å². The van der Waals surface area contributed by atoms with E-state index >= 15 is 0 Å². The van der Waals surface area contributed by atoms with Crippen molar-refractivity contribution in [3.63, 3.8) is 0 Å². The van der Waals surface area contributed by atoms with Gasteiger partial charge in [-0.2, -0.15) is 18.3 Å². The van der Waals surface area contributed by atoms with E-state index in [2.05, 4.69) is 26.0 Å². The minimum absolute atomic E-state index is 0.0361. The van der Waals surface area contributed by atoms with E-state index < -0.39 is 11.7 Å². The Balaban J connectivity index is 2.57. The maximum absolute atomic E-state index is 13.1. The van der Waals surface area contributed by atoms with Crippen molar-refractivity contribution in [2.24, 2.45) is 5.10 Å². The topological polar surface area (TPSA) is 65.4 Å². The molecule has 1 heterocycles. The van der Waals surface area contributed by atoms with Crippen LogP contribution in [0.3, 0.4) is 0 Å². The number of ether oxygens (including phenoxy) is 1. The van der Waals surface area contributed by atoms with Gasteiger partial charge in [0.15, 0.2) is 0 Å². The summed E-state index contributed by atoms with van der Waals surface area (Å²) in [5.74, 6) is 0.116. The third-order valence-electron chi connectivity index (χ3n) is 2.80. The highest BCUT2D eigenvalue weighted by molar-refractivity contribution is 9.10. The van der Waals surface area contributed by atoms with Crippen LogP contribution in [0.25, 0.3) is 0 Å². The van der Waals surface area contributed by atoms with Gasteiger partial charge in [-0.05, 0) is 35.0 Å². The predicted molar refractivity (Wildman–Crippen MR) is 80.1 cm³/mol. The van der Waals surface area contributed by atoms with Gasteiger partial charge >= 0.3 is 6.18 Å². The Hall–Kier alpha value is -2.03. The summed E-state index contributed by atoms with van der Waals surface area (Å²) in [4.78, 5) is 3.92. The van der Waals surface area contributed by atoms with Crippen molar-refractivity contribution >= 4 is 28.1 Å². The minimum Gasteiger partial charge on any atom is -0.495 e. The number of hydrogen-bond donors (Lipinski definition) is 1. The van der Waals surface area contributed by atoms with Gasteiger partial charge in [0.25, 0.3) is 0 Å². The summed E-state index contributed by atoms with van der Waals surface area (Å²) in [6.07, 6.45) is -1.99. The maximum atomic E-state index is 13.1. The summed E-state index contributed by atoms with van der Waals surface area (Å²) in [6, 6.07) is 2.23. The fraction of sp³-hybridized carbons (Fsp3) is 0.231. The number of imidazole rings is 1.